The third kappa shape index (κ3) is 5.79. The van der Waals surface area contributed by atoms with Gasteiger partial charge in [-0.05, 0) is 34.5 Å². The standard InChI is InChI=1S/C10H25N3O2S/c1-6-11-8-10(3)16(14,15)12-7-9(2)13(4)5/h9-12H,6-8H2,1-5H3. The minimum Gasteiger partial charge on any atom is -0.316 e. The lowest BCUT2D eigenvalue weighted by Crippen LogP contribution is -2.44. The van der Waals surface area contributed by atoms with Gasteiger partial charge in [-0.3, -0.25) is 0 Å². The van der Waals surface area contributed by atoms with Gasteiger partial charge in [0.15, 0.2) is 0 Å². The van der Waals surface area contributed by atoms with Crippen molar-refractivity contribution in [1.82, 2.24) is 14.9 Å². The average Bonchev–Trinajstić information content (AvgIpc) is 2.22. The first-order chi connectivity index (χ1) is 7.31. The van der Waals surface area contributed by atoms with E-state index in [4.69, 9.17) is 0 Å². The fourth-order valence-electron chi connectivity index (χ4n) is 1.02. The molecule has 6 heteroatoms. The summed E-state index contributed by atoms with van der Waals surface area (Å²) in [6.07, 6.45) is 0. The van der Waals surface area contributed by atoms with Gasteiger partial charge in [0.1, 0.15) is 0 Å². The summed E-state index contributed by atoms with van der Waals surface area (Å²) in [7, 11) is 0.663. The molecule has 0 heterocycles. The molecule has 0 saturated carbocycles. The van der Waals surface area contributed by atoms with Crippen molar-refractivity contribution in [3.63, 3.8) is 0 Å². The minimum atomic E-state index is -3.20. The van der Waals surface area contributed by atoms with Crippen LogP contribution in [-0.2, 0) is 10.0 Å². The van der Waals surface area contributed by atoms with Gasteiger partial charge < -0.3 is 10.2 Å². The van der Waals surface area contributed by atoms with Crippen molar-refractivity contribution in [3.05, 3.63) is 0 Å². The first-order valence-corrected chi connectivity index (χ1v) is 7.21. The Morgan fingerprint density at radius 2 is 1.75 bits per heavy atom. The van der Waals surface area contributed by atoms with Crippen LogP contribution in [-0.4, -0.2) is 58.3 Å². The Hall–Kier alpha value is -0.170. The SMILES string of the molecule is CCNCC(C)S(=O)(=O)NCC(C)N(C)C. The van der Waals surface area contributed by atoms with E-state index in [0.717, 1.165) is 6.54 Å². The molecule has 2 atom stereocenters. The monoisotopic (exact) mass is 251 g/mol. The first-order valence-electron chi connectivity index (χ1n) is 5.66. The number of nitrogens with zero attached hydrogens (tertiary/aromatic N) is 1. The summed E-state index contributed by atoms with van der Waals surface area (Å²) < 4.78 is 26.2. The number of hydrogen-bond acceptors (Lipinski definition) is 4. The Balaban J connectivity index is 4.14. The molecule has 0 aliphatic carbocycles. The van der Waals surface area contributed by atoms with Crippen molar-refractivity contribution >= 4 is 10.0 Å². The van der Waals surface area contributed by atoms with Gasteiger partial charge in [-0.25, -0.2) is 13.1 Å². The van der Waals surface area contributed by atoms with E-state index in [0.29, 0.717) is 13.1 Å². The molecule has 0 spiro atoms. The summed E-state index contributed by atoms with van der Waals surface area (Å²) in [6, 6.07) is 0.195. The van der Waals surface area contributed by atoms with Gasteiger partial charge >= 0.3 is 0 Å². The van der Waals surface area contributed by atoms with Crippen LogP contribution in [0.1, 0.15) is 20.8 Å². The van der Waals surface area contributed by atoms with Crippen molar-refractivity contribution < 1.29 is 8.42 Å². The summed E-state index contributed by atoms with van der Waals surface area (Å²) in [5.74, 6) is 0. The highest BCUT2D eigenvalue weighted by molar-refractivity contribution is 7.90. The normalized spacial score (nSPS) is 16.4. The highest BCUT2D eigenvalue weighted by Gasteiger charge is 2.20. The molecule has 0 aromatic rings. The summed E-state index contributed by atoms with van der Waals surface area (Å²) in [6.45, 7) is 7.38. The Morgan fingerprint density at radius 3 is 2.19 bits per heavy atom. The van der Waals surface area contributed by atoms with Crippen molar-refractivity contribution in [2.45, 2.75) is 32.1 Å². The van der Waals surface area contributed by atoms with E-state index in [1.54, 1.807) is 6.92 Å². The van der Waals surface area contributed by atoms with E-state index in [9.17, 15) is 8.42 Å². The molecule has 0 rings (SSSR count). The van der Waals surface area contributed by atoms with Gasteiger partial charge in [-0.1, -0.05) is 6.92 Å². The maximum Gasteiger partial charge on any atom is 0.215 e. The Labute approximate surface area is 99.6 Å². The van der Waals surface area contributed by atoms with Gasteiger partial charge in [-0.2, -0.15) is 0 Å². The topological polar surface area (TPSA) is 61.4 Å². The summed E-state index contributed by atoms with van der Waals surface area (Å²) in [5, 5.41) is 2.63. The smallest absolute Gasteiger partial charge is 0.215 e. The van der Waals surface area contributed by atoms with Crippen LogP contribution in [0, 0.1) is 0 Å². The number of nitrogens with one attached hydrogen (secondary N) is 2. The number of rotatable bonds is 8. The molecule has 2 unspecified atom stereocenters. The Morgan fingerprint density at radius 1 is 1.19 bits per heavy atom. The largest absolute Gasteiger partial charge is 0.316 e. The molecule has 0 aliphatic rings. The summed E-state index contributed by atoms with van der Waals surface area (Å²) in [5.41, 5.74) is 0. The van der Waals surface area contributed by atoms with Crippen LogP contribution < -0.4 is 10.0 Å². The molecular formula is C10H25N3O2S. The number of likely N-dealkylation sites (N-methyl/N-ethyl adjacent to an activating group) is 1. The second-order valence-corrected chi connectivity index (χ2v) is 6.51. The van der Waals surface area contributed by atoms with Crippen LogP contribution in [0.25, 0.3) is 0 Å². The Kier molecular flexibility index (Phi) is 7.14. The Bertz CT molecular complexity index is 278. The molecule has 0 saturated heterocycles. The summed E-state index contributed by atoms with van der Waals surface area (Å²) in [4.78, 5) is 1.98. The first kappa shape index (κ1) is 15.8. The molecule has 5 nitrogen and oxygen atoms in total. The van der Waals surface area contributed by atoms with E-state index in [1.807, 2.05) is 32.8 Å². The van der Waals surface area contributed by atoms with Gasteiger partial charge in [0.25, 0.3) is 0 Å². The lowest BCUT2D eigenvalue weighted by Gasteiger charge is -2.21. The molecule has 16 heavy (non-hydrogen) atoms. The second-order valence-electron chi connectivity index (χ2n) is 4.32. The van der Waals surface area contributed by atoms with Crippen molar-refractivity contribution in [2.75, 3.05) is 33.7 Å². The molecule has 0 radical (unpaired) electrons. The minimum absolute atomic E-state index is 0.195. The predicted molar refractivity (Wildman–Crippen MR) is 68.1 cm³/mol. The fourth-order valence-corrected chi connectivity index (χ4v) is 2.11. The van der Waals surface area contributed by atoms with Gasteiger partial charge in [0.05, 0.1) is 5.25 Å². The zero-order valence-corrected chi connectivity index (χ0v) is 11.8. The molecular weight excluding hydrogens is 226 g/mol. The molecule has 0 amide bonds. The maximum atomic E-state index is 11.8. The van der Waals surface area contributed by atoms with E-state index in [2.05, 4.69) is 10.0 Å². The highest BCUT2D eigenvalue weighted by atomic mass is 32.2. The molecule has 0 aromatic carbocycles. The van der Waals surface area contributed by atoms with Crippen LogP contribution in [0.3, 0.4) is 0 Å². The third-order valence-electron chi connectivity index (χ3n) is 2.67. The molecule has 0 aliphatic heterocycles. The molecule has 0 fully saturated rings. The van der Waals surface area contributed by atoms with Gasteiger partial charge in [-0.15, -0.1) is 0 Å². The molecule has 0 bridgehead atoms. The van der Waals surface area contributed by atoms with E-state index >= 15 is 0 Å². The van der Waals surface area contributed by atoms with Gasteiger partial charge in [0.2, 0.25) is 10.0 Å². The number of hydrogen-bond donors (Lipinski definition) is 2. The molecule has 2 N–H and O–H groups in total. The molecule has 0 aromatic heterocycles. The van der Waals surface area contributed by atoms with Crippen molar-refractivity contribution in [3.8, 4) is 0 Å². The lowest BCUT2D eigenvalue weighted by atomic mass is 10.3. The van der Waals surface area contributed by atoms with Crippen LogP contribution >= 0.6 is 0 Å². The predicted octanol–water partition coefficient (Wildman–Crippen LogP) is -0.146. The van der Waals surface area contributed by atoms with E-state index in [-0.39, 0.29) is 6.04 Å². The van der Waals surface area contributed by atoms with Crippen LogP contribution in [0.4, 0.5) is 0 Å². The zero-order valence-electron chi connectivity index (χ0n) is 10.9. The number of sulfonamides is 1. The lowest BCUT2D eigenvalue weighted by molar-refractivity contribution is 0.313. The van der Waals surface area contributed by atoms with Crippen LogP contribution in [0.15, 0.2) is 0 Å². The van der Waals surface area contributed by atoms with Crippen LogP contribution in [0.2, 0.25) is 0 Å². The summed E-state index contributed by atoms with van der Waals surface area (Å²) >= 11 is 0. The van der Waals surface area contributed by atoms with E-state index in [1.165, 1.54) is 0 Å². The average molecular weight is 251 g/mol. The third-order valence-corrected chi connectivity index (χ3v) is 4.47. The van der Waals surface area contributed by atoms with E-state index < -0.39 is 15.3 Å². The van der Waals surface area contributed by atoms with Crippen LogP contribution in [0.5, 0.6) is 0 Å². The van der Waals surface area contributed by atoms with Gasteiger partial charge in [0, 0.05) is 19.1 Å². The quantitative estimate of drug-likeness (QED) is 0.630. The maximum absolute atomic E-state index is 11.8. The molecule has 98 valence electrons. The highest BCUT2D eigenvalue weighted by Crippen LogP contribution is 1.98. The van der Waals surface area contributed by atoms with Crippen molar-refractivity contribution in [1.29, 1.82) is 0 Å². The van der Waals surface area contributed by atoms with Crippen molar-refractivity contribution in [2.24, 2.45) is 0 Å². The fraction of sp³-hybridized carbons (Fsp3) is 1.00. The second kappa shape index (κ2) is 7.21. The zero-order chi connectivity index (χ0) is 12.8.